The van der Waals surface area contributed by atoms with E-state index in [0.29, 0.717) is 23.3 Å². The largest absolute Gasteiger partial charge is 0.350 e. The number of nitrogens with one attached hydrogen (secondary N) is 1. The maximum Gasteiger partial charge on any atom is 0.137 e. The third-order valence-corrected chi connectivity index (χ3v) is 9.12. The molecule has 1 aliphatic heterocycles. The first-order chi connectivity index (χ1) is 17.7. The fourth-order valence-corrected chi connectivity index (χ4v) is 7.20. The van der Waals surface area contributed by atoms with Gasteiger partial charge in [-0.15, -0.1) is 0 Å². The molecule has 0 amide bonds. The van der Waals surface area contributed by atoms with Gasteiger partial charge in [-0.1, -0.05) is 30.9 Å². The Labute approximate surface area is 219 Å². The molecule has 0 radical (unpaired) electrons. The molecule has 0 aromatic carbocycles. The van der Waals surface area contributed by atoms with Crippen LogP contribution in [-0.2, 0) is 0 Å². The molecule has 1 saturated heterocycles. The zero-order valence-corrected chi connectivity index (χ0v) is 22.0. The lowest BCUT2D eigenvalue weighted by Crippen LogP contribution is -2.53. The van der Waals surface area contributed by atoms with Crippen LogP contribution in [0.15, 0.2) is 36.7 Å². The van der Waals surface area contributed by atoms with Crippen LogP contribution in [0.25, 0.3) is 22.2 Å². The van der Waals surface area contributed by atoms with E-state index in [4.69, 9.17) is 22.3 Å². The van der Waals surface area contributed by atoms with Crippen molar-refractivity contribution in [3.05, 3.63) is 41.8 Å². The Bertz CT molecular complexity index is 1160. The van der Waals surface area contributed by atoms with Crippen LogP contribution in [0.5, 0.6) is 0 Å². The minimum Gasteiger partial charge on any atom is -0.350 e. The van der Waals surface area contributed by atoms with Crippen LogP contribution in [0.2, 0.25) is 5.15 Å². The van der Waals surface area contributed by atoms with Gasteiger partial charge in [0.25, 0.3) is 0 Å². The molecular weight excluding hydrogens is 468 g/mol. The summed E-state index contributed by atoms with van der Waals surface area (Å²) in [5.74, 6) is 1.02. The van der Waals surface area contributed by atoms with Crippen LogP contribution in [0.4, 0.5) is 5.82 Å². The van der Waals surface area contributed by atoms with Crippen LogP contribution in [0, 0.1) is 0 Å². The molecule has 3 fully saturated rings. The maximum absolute atomic E-state index is 6.70. The van der Waals surface area contributed by atoms with Gasteiger partial charge in [-0.25, -0.2) is 9.97 Å². The summed E-state index contributed by atoms with van der Waals surface area (Å²) in [6, 6.07) is 10.4. The minimum atomic E-state index is 0.331. The van der Waals surface area contributed by atoms with Crippen molar-refractivity contribution in [2.24, 2.45) is 5.73 Å². The summed E-state index contributed by atoms with van der Waals surface area (Å²) >= 11 is 6.70. The SMILES string of the molecule is NC1CCC(N(c2cc(-c3c[nH]c4ncccc34)cc(Cl)n2)C2CCN(C3CCCCC3)CC2)CC1. The highest BCUT2D eigenvalue weighted by Gasteiger charge is 2.34. The summed E-state index contributed by atoms with van der Waals surface area (Å²) in [4.78, 5) is 18.1. The second-order valence-corrected chi connectivity index (χ2v) is 11.6. The van der Waals surface area contributed by atoms with Crippen LogP contribution < -0.4 is 10.6 Å². The Hall–Kier alpha value is -2.15. The van der Waals surface area contributed by atoms with Gasteiger partial charge in [0, 0.05) is 60.6 Å². The summed E-state index contributed by atoms with van der Waals surface area (Å²) in [6.07, 6.45) is 17.7. The maximum atomic E-state index is 6.70. The fourth-order valence-electron chi connectivity index (χ4n) is 6.99. The van der Waals surface area contributed by atoms with E-state index in [1.165, 1.54) is 58.0 Å². The lowest BCUT2D eigenvalue weighted by atomic mass is 9.87. The van der Waals surface area contributed by atoms with Gasteiger partial charge < -0.3 is 20.5 Å². The predicted molar refractivity (Wildman–Crippen MR) is 149 cm³/mol. The first kappa shape index (κ1) is 24.2. The minimum absolute atomic E-state index is 0.331. The lowest BCUT2D eigenvalue weighted by molar-refractivity contribution is 0.118. The van der Waals surface area contributed by atoms with E-state index in [-0.39, 0.29) is 0 Å². The average Bonchev–Trinajstić information content (AvgIpc) is 3.35. The summed E-state index contributed by atoms with van der Waals surface area (Å²) in [7, 11) is 0. The van der Waals surface area contributed by atoms with Gasteiger partial charge in [0.2, 0.25) is 0 Å². The number of piperidine rings is 1. The van der Waals surface area contributed by atoms with Crippen molar-refractivity contribution in [3.8, 4) is 11.1 Å². The highest BCUT2D eigenvalue weighted by Crippen LogP contribution is 2.37. The van der Waals surface area contributed by atoms with Crippen LogP contribution in [0.3, 0.4) is 0 Å². The molecule has 3 N–H and O–H groups in total. The number of pyridine rings is 2. The van der Waals surface area contributed by atoms with Gasteiger partial charge in [-0.3, -0.25) is 0 Å². The smallest absolute Gasteiger partial charge is 0.137 e. The quantitative estimate of drug-likeness (QED) is 0.406. The number of hydrogen-bond acceptors (Lipinski definition) is 5. The van der Waals surface area contributed by atoms with E-state index in [1.807, 2.05) is 24.5 Å². The van der Waals surface area contributed by atoms with Crippen molar-refractivity contribution in [3.63, 3.8) is 0 Å². The first-order valence-electron chi connectivity index (χ1n) is 14.0. The van der Waals surface area contributed by atoms with Gasteiger partial charge in [-0.05, 0) is 81.2 Å². The molecule has 0 bridgehead atoms. The average molecular weight is 507 g/mol. The molecule has 4 heterocycles. The van der Waals surface area contributed by atoms with Crippen molar-refractivity contribution in [1.82, 2.24) is 19.9 Å². The molecule has 6 rings (SSSR count). The van der Waals surface area contributed by atoms with Gasteiger partial charge in [-0.2, -0.15) is 0 Å². The molecule has 0 unspecified atom stereocenters. The second kappa shape index (κ2) is 10.7. The Balaban J connectivity index is 1.30. The Morgan fingerprint density at radius 3 is 2.47 bits per heavy atom. The van der Waals surface area contributed by atoms with E-state index < -0.39 is 0 Å². The van der Waals surface area contributed by atoms with Gasteiger partial charge in [0.05, 0.1) is 0 Å². The predicted octanol–water partition coefficient (Wildman–Crippen LogP) is 6.15. The van der Waals surface area contributed by atoms with Crippen LogP contribution >= 0.6 is 11.6 Å². The van der Waals surface area contributed by atoms with Crippen molar-refractivity contribution >= 4 is 28.5 Å². The number of rotatable bonds is 5. The number of aromatic nitrogens is 3. The molecule has 192 valence electrons. The van der Waals surface area contributed by atoms with Crippen molar-refractivity contribution < 1.29 is 0 Å². The van der Waals surface area contributed by atoms with Crippen LogP contribution in [-0.4, -0.2) is 57.1 Å². The summed E-state index contributed by atoms with van der Waals surface area (Å²) in [5, 5.41) is 1.67. The summed E-state index contributed by atoms with van der Waals surface area (Å²) in [6.45, 7) is 2.39. The van der Waals surface area contributed by atoms with E-state index in [0.717, 1.165) is 59.7 Å². The number of aromatic amines is 1. The molecule has 3 aromatic rings. The number of hydrogen-bond donors (Lipinski definition) is 2. The molecule has 3 aliphatic rings. The van der Waals surface area contributed by atoms with E-state index in [1.54, 1.807) is 0 Å². The van der Waals surface area contributed by atoms with E-state index in [2.05, 4.69) is 31.9 Å². The Kier molecular flexibility index (Phi) is 7.18. The fraction of sp³-hybridized carbons (Fsp3) is 0.586. The third-order valence-electron chi connectivity index (χ3n) is 8.93. The van der Waals surface area contributed by atoms with E-state index in [9.17, 15) is 0 Å². The number of halogens is 1. The Morgan fingerprint density at radius 1 is 0.944 bits per heavy atom. The zero-order valence-electron chi connectivity index (χ0n) is 21.2. The standard InChI is InChI=1S/C29H39ClN6/c30-27-17-20(26-19-33-29-25(26)7-4-14-32-29)18-28(34-27)36(23-10-8-21(31)9-11-23)24-12-15-35(16-13-24)22-5-2-1-3-6-22/h4,7,14,17-19,21-24H,1-3,5-6,8-13,15-16,31H2,(H,32,33). The third kappa shape index (κ3) is 5.00. The molecule has 3 aromatic heterocycles. The number of H-pyrrole nitrogens is 1. The van der Waals surface area contributed by atoms with Gasteiger partial charge in [0.1, 0.15) is 16.6 Å². The highest BCUT2D eigenvalue weighted by atomic mass is 35.5. The summed E-state index contributed by atoms with van der Waals surface area (Å²) in [5.41, 5.74) is 9.43. The van der Waals surface area contributed by atoms with Gasteiger partial charge in [0.15, 0.2) is 0 Å². The topological polar surface area (TPSA) is 74.1 Å². The molecule has 7 heteroatoms. The van der Waals surface area contributed by atoms with Crippen molar-refractivity contribution in [2.45, 2.75) is 94.8 Å². The lowest BCUT2D eigenvalue weighted by Gasteiger charge is -2.47. The van der Waals surface area contributed by atoms with Gasteiger partial charge >= 0.3 is 0 Å². The van der Waals surface area contributed by atoms with Crippen LogP contribution in [0.1, 0.15) is 70.6 Å². The number of fused-ring (bicyclic) bond motifs is 1. The summed E-state index contributed by atoms with van der Waals surface area (Å²) < 4.78 is 0. The number of nitrogens with two attached hydrogens (primary N) is 1. The molecule has 6 nitrogen and oxygen atoms in total. The molecule has 2 saturated carbocycles. The highest BCUT2D eigenvalue weighted by molar-refractivity contribution is 6.29. The number of anilines is 1. The molecule has 0 spiro atoms. The number of nitrogens with zero attached hydrogens (tertiary/aromatic N) is 4. The first-order valence-corrected chi connectivity index (χ1v) is 14.4. The second-order valence-electron chi connectivity index (χ2n) is 11.2. The molecule has 0 atom stereocenters. The molecule has 2 aliphatic carbocycles. The monoisotopic (exact) mass is 506 g/mol. The zero-order chi connectivity index (χ0) is 24.5. The van der Waals surface area contributed by atoms with Crippen molar-refractivity contribution in [1.29, 1.82) is 0 Å². The molecule has 36 heavy (non-hydrogen) atoms. The Morgan fingerprint density at radius 2 is 1.69 bits per heavy atom. The normalized spacial score (nSPS) is 24.8. The van der Waals surface area contributed by atoms with E-state index >= 15 is 0 Å². The number of likely N-dealkylation sites (tertiary alicyclic amines) is 1. The molecular formula is C29H39ClN6. The van der Waals surface area contributed by atoms with Crippen molar-refractivity contribution in [2.75, 3.05) is 18.0 Å².